The Kier molecular flexibility index (Phi) is 5.07. The molecular weight excluding hydrogens is 268 g/mol. The fourth-order valence-electron chi connectivity index (χ4n) is 3.04. The van der Waals surface area contributed by atoms with Gasteiger partial charge in [-0.05, 0) is 31.9 Å². The Morgan fingerprint density at radius 1 is 1.43 bits per heavy atom. The Morgan fingerprint density at radius 2 is 2.14 bits per heavy atom. The normalized spacial score (nSPS) is 21.9. The summed E-state index contributed by atoms with van der Waals surface area (Å²) in [6, 6.07) is 5.21. The lowest BCUT2D eigenvalue weighted by Crippen LogP contribution is -2.44. The first kappa shape index (κ1) is 15.6. The van der Waals surface area contributed by atoms with E-state index in [0.717, 1.165) is 25.7 Å². The molecule has 1 aromatic rings. The predicted molar refractivity (Wildman–Crippen MR) is 83.5 cm³/mol. The van der Waals surface area contributed by atoms with Gasteiger partial charge >= 0.3 is 5.97 Å². The van der Waals surface area contributed by atoms with Gasteiger partial charge in [-0.15, -0.1) is 0 Å². The van der Waals surface area contributed by atoms with Crippen molar-refractivity contribution in [1.82, 2.24) is 0 Å². The first-order valence-corrected chi connectivity index (χ1v) is 7.52. The van der Waals surface area contributed by atoms with Crippen molar-refractivity contribution >= 4 is 17.3 Å². The first-order valence-electron chi connectivity index (χ1n) is 7.52. The van der Waals surface area contributed by atoms with Crippen LogP contribution >= 0.6 is 0 Å². The van der Waals surface area contributed by atoms with Gasteiger partial charge in [0.2, 0.25) is 0 Å². The summed E-state index contributed by atoms with van der Waals surface area (Å²) >= 11 is 0. The zero-order valence-corrected chi connectivity index (χ0v) is 12.7. The molecule has 3 N–H and O–H groups in total. The average molecular weight is 292 g/mol. The van der Waals surface area contributed by atoms with Crippen LogP contribution in [0, 0.1) is 0 Å². The van der Waals surface area contributed by atoms with Gasteiger partial charge in [-0.25, -0.2) is 4.79 Å². The van der Waals surface area contributed by atoms with Crippen molar-refractivity contribution in [3.63, 3.8) is 0 Å². The molecule has 2 rings (SSSR count). The smallest absolute Gasteiger partial charge is 0.340 e. The maximum atomic E-state index is 12.1. The van der Waals surface area contributed by atoms with Crippen LogP contribution in [0.1, 0.15) is 43.0 Å². The quantitative estimate of drug-likeness (QED) is 0.657. The van der Waals surface area contributed by atoms with E-state index in [4.69, 9.17) is 10.5 Å². The average Bonchev–Trinajstić information content (AvgIpc) is 2.47. The highest BCUT2D eigenvalue weighted by Gasteiger charge is 2.30. The Balaban J connectivity index is 2.35. The first-order chi connectivity index (χ1) is 10.1. The number of carbonyl (C=O) groups excluding carboxylic acids is 1. The van der Waals surface area contributed by atoms with Gasteiger partial charge in [-0.2, -0.15) is 0 Å². The highest BCUT2D eigenvalue weighted by Crippen LogP contribution is 2.33. The molecule has 116 valence electrons. The van der Waals surface area contributed by atoms with Gasteiger partial charge in [-0.3, -0.25) is 0 Å². The van der Waals surface area contributed by atoms with Crippen LogP contribution in [0.3, 0.4) is 0 Å². The van der Waals surface area contributed by atoms with Crippen molar-refractivity contribution in [3.05, 3.63) is 23.8 Å². The van der Waals surface area contributed by atoms with Crippen molar-refractivity contribution < 1.29 is 14.6 Å². The van der Waals surface area contributed by atoms with Crippen molar-refractivity contribution in [3.8, 4) is 0 Å². The minimum atomic E-state index is -0.390. The van der Waals surface area contributed by atoms with E-state index in [2.05, 4.69) is 0 Å². The highest BCUT2D eigenvalue weighted by atomic mass is 16.5. The van der Waals surface area contributed by atoms with Crippen LogP contribution in [-0.2, 0) is 4.74 Å². The summed E-state index contributed by atoms with van der Waals surface area (Å²) in [4.78, 5) is 14.1. The van der Waals surface area contributed by atoms with E-state index in [1.807, 2.05) is 11.9 Å². The van der Waals surface area contributed by atoms with Crippen molar-refractivity contribution in [1.29, 1.82) is 0 Å². The number of para-hydroxylation sites is 1. The SMILES string of the molecule is CCOC(=O)c1cccc(N)c1N(C)C1CCCCC1O. The van der Waals surface area contributed by atoms with Crippen molar-refractivity contribution in [2.45, 2.75) is 44.8 Å². The lowest BCUT2D eigenvalue weighted by Gasteiger charge is -2.37. The second-order valence-corrected chi connectivity index (χ2v) is 5.49. The predicted octanol–water partition coefficient (Wildman–Crippen LogP) is 2.19. The minimum Gasteiger partial charge on any atom is -0.462 e. The molecule has 5 nitrogen and oxygen atoms in total. The number of nitrogens with two attached hydrogens (primary N) is 1. The number of hydrogen-bond acceptors (Lipinski definition) is 5. The summed E-state index contributed by atoms with van der Waals surface area (Å²) in [5, 5.41) is 10.2. The maximum absolute atomic E-state index is 12.1. The lowest BCUT2D eigenvalue weighted by molar-refractivity contribution is 0.0526. The van der Waals surface area contributed by atoms with E-state index in [0.29, 0.717) is 23.5 Å². The summed E-state index contributed by atoms with van der Waals surface area (Å²) in [7, 11) is 1.88. The summed E-state index contributed by atoms with van der Waals surface area (Å²) in [6.07, 6.45) is 3.41. The summed E-state index contributed by atoms with van der Waals surface area (Å²) in [5.74, 6) is -0.378. The van der Waals surface area contributed by atoms with Crippen LogP contribution in [0.25, 0.3) is 0 Å². The number of hydrogen-bond donors (Lipinski definition) is 2. The number of esters is 1. The lowest BCUT2D eigenvalue weighted by atomic mass is 9.91. The van der Waals surface area contributed by atoms with Crippen LogP contribution in [0.15, 0.2) is 18.2 Å². The molecule has 0 bridgehead atoms. The maximum Gasteiger partial charge on any atom is 0.340 e. The number of rotatable bonds is 4. The third-order valence-corrected chi connectivity index (χ3v) is 4.11. The molecule has 0 amide bonds. The number of nitrogen functional groups attached to an aromatic ring is 1. The molecule has 1 fully saturated rings. The highest BCUT2D eigenvalue weighted by molar-refractivity contribution is 5.99. The van der Waals surface area contributed by atoms with E-state index < -0.39 is 6.10 Å². The van der Waals surface area contributed by atoms with Gasteiger partial charge in [0.1, 0.15) is 0 Å². The van der Waals surface area contributed by atoms with E-state index in [1.54, 1.807) is 25.1 Å². The molecule has 0 aromatic heterocycles. The standard InChI is InChI=1S/C16H24N2O3/c1-3-21-16(20)11-7-6-8-12(17)15(11)18(2)13-9-4-5-10-14(13)19/h6-8,13-14,19H,3-5,9-10,17H2,1-2H3. The number of likely N-dealkylation sites (N-methyl/N-ethyl adjacent to an activating group) is 1. The molecule has 21 heavy (non-hydrogen) atoms. The molecule has 0 radical (unpaired) electrons. The van der Waals surface area contributed by atoms with Gasteiger partial charge in [0.15, 0.2) is 0 Å². The molecule has 0 heterocycles. The largest absolute Gasteiger partial charge is 0.462 e. The van der Waals surface area contributed by atoms with E-state index >= 15 is 0 Å². The number of aliphatic hydroxyl groups is 1. The van der Waals surface area contributed by atoms with Crippen molar-refractivity contribution in [2.24, 2.45) is 0 Å². The second-order valence-electron chi connectivity index (χ2n) is 5.49. The molecule has 0 spiro atoms. The van der Waals surface area contributed by atoms with E-state index in [9.17, 15) is 9.90 Å². The molecule has 2 atom stereocenters. The molecule has 1 aliphatic rings. The number of aliphatic hydroxyl groups excluding tert-OH is 1. The van der Waals surface area contributed by atoms with Gasteiger partial charge in [-0.1, -0.05) is 18.9 Å². The van der Waals surface area contributed by atoms with Gasteiger partial charge in [0, 0.05) is 7.05 Å². The molecule has 1 aromatic carbocycles. The fourth-order valence-corrected chi connectivity index (χ4v) is 3.04. The molecule has 0 aliphatic heterocycles. The van der Waals surface area contributed by atoms with E-state index in [1.165, 1.54) is 0 Å². The number of nitrogens with zero attached hydrogens (tertiary/aromatic N) is 1. The topological polar surface area (TPSA) is 75.8 Å². The molecular formula is C16H24N2O3. The van der Waals surface area contributed by atoms with Crippen LogP contribution in [0.2, 0.25) is 0 Å². The Labute approximate surface area is 125 Å². The second kappa shape index (κ2) is 6.80. The number of anilines is 2. The monoisotopic (exact) mass is 292 g/mol. The summed E-state index contributed by atoms with van der Waals surface area (Å²) in [6.45, 7) is 2.10. The van der Waals surface area contributed by atoms with Crippen LogP contribution in [0.5, 0.6) is 0 Å². The Morgan fingerprint density at radius 3 is 2.81 bits per heavy atom. The number of ether oxygens (including phenoxy) is 1. The van der Waals surface area contributed by atoms with Crippen LogP contribution in [-0.4, -0.2) is 36.9 Å². The Bertz CT molecular complexity index is 504. The molecule has 5 heteroatoms. The van der Waals surface area contributed by atoms with E-state index in [-0.39, 0.29) is 12.0 Å². The summed E-state index contributed by atoms with van der Waals surface area (Å²) in [5.41, 5.74) is 7.72. The van der Waals surface area contributed by atoms with Gasteiger partial charge in [0.25, 0.3) is 0 Å². The van der Waals surface area contributed by atoms with Crippen molar-refractivity contribution in [2.75, 3.05) is 24.3 Å². The molecule has 1 saturated carbocycles. The Hall–Kier alpha value is -1.75. The van der Waals surface area contributed by atoms with Gasteiger partial charge in [0.05, 0.1) is 35.7 Å². The van der Waals surface area contributed by atoms with Crippen LogP contribution in [0.4, 0.5) is 11.4 Å². The number of carbonyl (C=O) groups is 1. The zero-order chi connectivity index (χ0) is 15.4. The summed E-state index contributed by atoms with van der Waals surface area (Å²) < 4.78 is 5.10. The number of benzene rings is 1. The van der Waals surface area contributed by atoms with Gasteiger partial charge < -0.3 is 20.5 Å². The molecule has 1 aliphatic carbocycles. The molecule has 2 unspecified atom stereocenters. The fraction of sp³-hybridized carbons (Fsp3) is 0.562. The minimum absolute atomic E-state index is 0.0170. The molecule has 0 saturated heterocycles. The third kappa shape index (κ3) is 3.29. The zero-order valence-electron chi connectivity index (χ0n) is 12.7. The third-order valence-electron chi connectivity index (χ3n) is 4.11. The van der Waals surface area contributed by atoms with Crippen LogP contribution < -0.4 is 10.6 Å².